The van der Waals surface area contributed by atoms with Gasteiger partial charge in [-0.2, -0.15) is 0 Å². The third kappa shape index (κ3) is 10.7. The quantitative estimate of drug-likeness (QED) is 0.230. The Balaban J connectivity index is 1.55. The van der Waals surface area contributed by atoms with E-state index >= 15 is 0 Å². The summed E-state index contributed by atoms with van der Waals surface area (Å²) in [7, 11) is 0. The van der Waals surface area contributed by atoms with E-state index in [-0.39, 0.29) is 37.0 Å². The predicted molar refractivity (Wildman–Crippen MR) is 174 cm³/mol. The standard InChI is InChI=1S/C34H43N7O6/c1-23(2)30-34(46)39-26(20-24-10-4-3-5-11-24)32(44)37-15-9-19-47-28-13-7-6-12-25(28)31(43)38-27(21-29(42)40-30)33(45)36-14-8-17-41-18-16-35-22-41/h3-7,10-13,16,18,22-23,26-27,30H,8-9,14-15,17,19-21H2,1-2H3,(H,36,45)(H,37,44)(H,38,43)(H,39,46)(H,40,42)/t26-,27-,30-/m0/s1. The van der Waals surface area contributed by atoms with Crippen LogP contribution in [0.4, 0.5) is 0 Å². The number of para-hydroxylation sites is 1. The number of nitrogens with zero attached hydrogens (tertiary/aromatic N) is 2. The predicted octanol–water partition coefficient (Wildman–Crippen LogP) is 1.35. The Morgan fingerprint density at radius 3 is 2.51 bits per heavy atom. The number of amides is 5. The van der Waals surface area contributed by atoms with Crippen molar-refractivity contribution in [2.24, 2.45) is 5.92 Å². The van der Waals surface area contributed by atoms with Crippen LogP contribution in [0, 0.1) is 5.92 Å². The van der Waals surface area contributed by atoms with Crippen molar-refractivity contribution < 1.29 is 28.7 Å². The van der Waals surface area contributed by atoms with E-state index in [1.807, 2.05) is 41.1 Å². The number of aryl methyl sites for hydroxylation is 1. The Morgan fingerprint density at radius 2 is 1.77 bits per heavy atom. The zero-order chi connectivity index (χ0) is 33.6. The van der Waals surface area contributed by atoms with Crippen molar-refractivity contribution in [2.45, 2.75) is 64.2 Å². The van der Waals surface area contributed by atoms with Crippen LogP contribution in [0.3, 0.4) is 0 Å². The lowest BCUT2D eigenvalue weighted by molar-refractivity contribution is -0.133. The molecule has 0 aliphatic carbocycles. The number of imidazole rings is 1. The molecule has 0 radical (unpaired) electrons. The SMILES string of the molecule is CC(C)[C@@H]1NC(=O)C[C@@H](C(=O)NCCCn2ccnc2)NC(=O)c2ccccc2OCCCNC(=O)[C@H](Cc2ccccc2)NC1=O. The lowest BCUT2D eigenvalue weighted by atomic mass is 10.0. The van der Waals surface area contributed by atoms with Crippen LogP contribution in [0.25, 0.3) is 0 Å². The number of aromatic nitrogens is 2. The average Bonchev–Trinajstić information content (AvgIpc) is 3.58. The van der Waals surface area contributed by atoms with Crippen molar-refractivity contribution >= 4 is 29.5 Å². The largest absolute Gasteiger partial charge is 0.493 e. The zero-order valence-corrected chi connectivity index (χ0v) is 26.7. The number of fused-ring (bicyclic) bond motifs is 1. The fourth-order valence-electron chi connectivity index (χ4n) is 5.10. The molecule has 4 rings (SSSR count). The van der Waals surface area contributed by atoms with Crippen LogP contribution < -0.4 is 31.3 Å². The van der Waals surface area contributed by atoms with Crippen LogP contribution in [0.1, 0.15) is 49.0 Å². The van der Waals surface area contributed by atoms with E-state index in [0.717, 1.165) is 5.56 Å². The summed E-state index contributed by atoms with van der Waals surface area (Å²) in [6.07, 6.45) is 6.01. The Labute approximate surface area is 274 Å². The van der Waals surface area contributed by atoms with Crippen LogP contribution in [-0.4, -0.2) is 76.9 Å². The molecule has 1 aromatic heterocycles. The third-order valence-electron chi connectivity index (χ3n) is 7.65. The van der Waals surface area contributed by atoms with Crippen LogP contribution in [0.2, 0.25) is 0 Å². The van der Waals surface area contributed by atoms with Crippen molar-refractivity contribution in [1.29, 1.82) is 0 Å². The molecule has 1 aliphatic rings. The summed E-state index contributed by atoms with van der Waals surface area (Å²) < 4.78 is 7.76. The molecule has 13 nitrogen and oxygen atoms in total. The second-order valence-corrected chi connectivity index (χ2v) is 11.7. The summed E-state index contributed by atoms with van der Waals surface area (Å²) in [5.74, 6) is -2.71. The van der Waals surface area contributed by atoms with Gasteiger partial charge in [0.2, 0.25) is 23.6 Å². The first-order valence-electron chi connectivity index (χ1n) is 15.9. The first kappa shape index (κ1) is 34.7. The molecule has 47 heavy (non-hydrogen) atoms. The minimum atomic E-state index is -1.24. The van der Waals surface area contributed by atoms with Crippen LogP contribution in [0.15, 0.2) is 73.3 Å². The summed E-state index contributed by atoms with van der Waals surface area (Å²) in [6.45, 7) is 4.92. The molecule has 2 heterocycles. The Bertz CT molecular complexity index is 1500. The van der Waals surface area contributed by atoms with E-state index in [1.54, 1.807) is 50.6 Å². The van der Waals surface area contributed by atoms with Gasteiger partial charge >= 0.3 is 0 Å². The summed E-state index contributed by atoms with van der Waals surface area (Å²) >= 11 is 0. The highest BCUT2D eigenvalue weighted by Gasteiger charge is 2.31. The maximum atomic E-state index is 13.5. The number of nitrogens with one attached hydrogen (secondary N) is 5. The van der Waals surface area contributed by atoms with E-state index < -0.39 is 48.2 Å². The van der Waals surface area contributed by atoms with Gasteiger partial charge in [0, 0.05) is 38.4 Å². The van der Waals surface area contributed by atoms with E-state index in [4.69, 9.17) is 4.74 Å². The van der Waals surface area contributed by atoms with Gasteiger partial charge in [0.15, 0.2) is 0 Å². The Hall–Kier alpha value is -5.20. The molecule has 3 aromatic rings. The van der Waals surface area contributed by atoms with Crippen LogP contribution >= 0.6 is 0 Å². The molecule has 0 unspecified atom stereocenters. The maximum Gasteiger partial charge on any atom is 0.255 e. The molecule has 3 atom stereocenters. The lowest BCUT2D eigenvalue weighted by Gasteiger charge is -2.26. The Morgan fingerprint density at radius 1 is 1.00 bits per heavy atom. The van der Waals surface area contributed by atoms with Crippen molar-refractivity contribution in [3.63, 3.8) is 0 Å². The highest BCUT2D eigenvalue weighted by Crippen LogP contribution is 2.19. The van der Waals surface area contributed by atoms with Gasteiger partial charge in [-0.25, -0.2) is 4.98 Å². The number of carbonyl (C=O) groups is 5. The van der Waals surface area contributed by atoms with Crippen LogP contribution in [0.5, 0.6) is 5.75 Å². The highest BCUT2D eigenvalue weighted by atomic mass is 16.5. The van der Waals surface area contributed by atoms with E-state index in [0.29, 0.717) is 31.7 Å². The molecule has 2 aromatic carbocycles. The van der Waals surface area contributed by atoms with Crippen molar-refractivity contribution in [3.8, 4) is 5.75 Å². The second-order valence-electron chi connectivity index (χ2n) is 11.7. The first-order chi connectivity index (χ1) is 22.7. The maximum absolute atomic E-state index is 13.5. The molecular formula is C34H43N7O6. The molecular weight excluding hydrogens is 602 g/mol. The minimum Gasteiger partial charge on any atom is -0.493 e. The molecule has 0 saturated carbocycles. The van der Waals surface area contributed by atoms with Crippen molar-refractivity contribution in [1.82, 2.24) is 36.1 Å². The van der Waals surface area contributed by atoms with Gasteiger partial charge in [-0.3, -0.25) is 24.0 Å². The average molecular weight is 646 g/mol. The first-order valence-corrected chi connectivity index (χ1v) is 15.9. The zero-order valence-electron chi connectivity index (χ0n) is 26.7. The molecule has 0 spiro atoms. The van der Waals surface area contributed by atoms with Gasteiger partial charge in [-0.05, 0) is 36.5 Å². The van der Waals surface area contributed by atoms with Crippen LogP contribution in [-0.2, 0) is 32.1 Å². The van der Waals surface area contributed by atoms with Gasteiger partial charge in [0.05, 0.1) is 24.9 Å². The number of hydrogen-bond donors (Lipinski definition) is 5. The molecule has 5 amide bonds. The second kappa shape index (κ2) is 17.5. The third-order valence-corrected chi connectivity index (χ3v) is 7.65. The molecule has 0 fully saturated rings. The summed E-state index contributed by atoms with van der Waals surface area (Å²) in [5, 5.41) is 13.9. The smallest absolute Gasteiger partial charge is 0.255 e. The number of rotatable bonds is 8. The molecule has 0 saturated heterocycles. The van der Waals surface area contributed by atoms with Gasteiger partial charge < -0.3 is 35.9 Å². The number of hydrogen-bond acceptors (Lipinski definition) is 7. The van der Waals surface area contributed by atoms with E-state index in [2.05, 4.69) is 31.6 Å². The monoisotopic (exact) mass is 645 g/mol. The molecule has 5 N–H and O–H groups in total. The lowest BCUT2D eigenvalue weighted by Crippen LogP contribution is -2.57. The fraction of sp³-hybridized carbons (Fsp3) is 0.412. The summed E-state index contributed by atoms with van der Waals surface area (Å²) in [5.41, 5.74) is 1.05. The minimum absolute atomic E-state index is 0.193. The molecule has 1 aliphatic heterocycles. The molecule has 250 valence electrons. The number of ether oxygens (including phenoxy) is 1. The van der Waals surface area contributed by atoms with E-state index in [1.165, 1.54) is 0 Å². The van der Waals surface area contributed by atoms with Gasteiger partial charge in [-0.15, -0.1) is 0 Å². The summed E-state index contributed by atoms with van der Waals surface area (Å²) in [6, 6.07) is 12.8. The van der Waals surface area contributed by atoms with E-state index in [9.17, 15) is 24.0 Å². The fourth-order valence-corrected chi connectivity index (χ4v) is 5.10. The molecule has 13 heteroatoms. The summed E-state index contributed by atoms with van der Waals surface area (Å²) in [4.78, 5) is 71.0. The van der Waals surface area contributed by atoms with Gasteiger partial charge in [0.25, 0.3) is 5.91 Å². The van der Waals surface area contributed by atoms with Crippen molar-refractivity contribution in [3.05, 3.63) is 84.4 Å². The topological polar surface area (TPSA) is 173 Å². The highest BCUT2D eigenvalue weighted by molar-refractivity contribution is 6.01. The molecule has 0 bridgehead atoms. The Kier molecular flexibility index (Phi) is 12.9. The van der Waals surface area contributed by atoms with Crippen molar-refractivity contribution in [2.75, 3.05) is 19.7 Å². The number of carbonyl (C=O) groups excluding carboxylic acids is 5. The van der Waals surface area contributed by atoms with Gasteiger partial charge in [-0.1, -0.05) is 56.3 Å². The normalized spacial score (nSPS) is 19.9. The van der Waals surface area contributed by atoms with Gasteiger partial charge in [0.1, 0.15) is 23.9 Å². The number of benzene rings is 2.